The molecule has 1 heteroatoms. The minimum Gasteiger partial charge on any atom is -0.375 e. The Morgan fingerprint density at radius 1 is 1.50 bits per heavy atom. The van der Waals surface area contributed by atoms with Crippen LogP contribution in [0.5, 0.6) is 0 Å². The van der Waals surface area contributed by atoms with Gasteiger partial charge in [-0.15, -0.1) is 0 Å². The fourth-order valence-electron chi connectivity index (χ4n) is 1.73. The van der Waals surface area contributed by atoms with Crippen LogP contribution in [0.4, 0.5) is 0 Å². The Morgan fingerprint density at radius 2 is 2.25 bits per heavy atom. The van der Waals surface area contributed by atoms with Gasteiger partial charge in [-0.05, 0) is 26.2 Å². The molecular weight excluding hydrogens is 146 g/mol. The van der Waals surface area contributed by atoms with Crippen molar-refractivity contribution in [3.05, 3.63) is 11.8 Å². The number of unbranched alkanes of at least 4 members (excludes halogenated alkanes) is 2. The smallest absolute Gasteiger partial charge is 0.0290 e. The van der Waals surface area contributed by atoms with E-state index in [0.717, 1.165) is 6.04 Å². The summed E-state index contributed by atoms with van der Waals surface area (Å²) in [6.45, 7) is 4.55. The highest BCUT2D eigenvalue weighted by atomic mass is 15.1. The van der Waals surface area contributed by atoms with E-state index >= 15 is 0 Å². The molecule has 0 radical (unpaired) electrons. The standard InChI is InChI=1S/C11H21N/c1-4-5-6-7-11-9-8-10(2)12(11)3/h9-10H,4-8H2,1-3H3. The molecule has 0 aliphatic carbocycles. The van der Waals surface area contributed by atoms with Crippen LogP contribution in [0, 0.1) is 0 Å². The fourth-order valence-corrected chi connectivity index (χ4v) is 1.73. The molecular formula is C11H21N. The third-order valence-corrected chi connectivity index (χ3v) is 2.85. The highest BCUT2D eigenvalue weighted by Gasteiger charge is 2.16. The van der Waals surface area contributed by atoms with Gasteiger partial charge in [0.05, 0.1) is 0 Å². The molecule has 0 aromatic heterocycles. The van der Waals surface area contributed by atoms with Gasteiger partial charge in [-0.3, -0.25) is 0 Å². The Bertz CT molecular complexity index is 160. The Labute approximate surface area is 76.5 Å². The predicted octanol–water partition coefficient (Wildman–Crippen LogP) is 3.17. The van der Waals surface area contributed by atoms with Gasteiger partial charge in [0.25, 0.3) is 0 Å². The summed E-state index contributed by atoms with van der Waals surface area (Å²) in [5.74, 6) is 0. The number of allylic oxidation sites excluding steroid dienone is 1. The highest BCUT2D eigenvalue weighted by molar-refractivity contribution is 5.09. The summed E-state index contributed by atoms with van der Waals surface area (Å²) in [5.41, 5.74) is 1.57. The van der Waals surface area contributed by atoms with Crippen LogP contribution < -0.4 is 0 Å². The molecule has 0 aromatic rings. The summed E-state index contributed by atoms with van der Waals surface area (Å²) in [5, 5.41) is 0. The zero-order chi connectivity index (χ0) is 8.97. The molecule has 1 aliphatic heterocycles. The van der Waals surface area contributed by atoms with Gasteiger partial charge in [0.15, 0.2) is 0 Å². The van der Waals surface area contributed by atoms with Crippen molar-refractivity contribution in [2.24, 2.45) is 0 Å². The van der Waals surface area contributed by atoms with Crippen LogP contribution >= 0.6 is 0 Å². The lowest BCUT2D eigenvalue weighted by molar-refractivity contribution is 0.343. The van der Waals surface area contributed by atoms with Gasteiger partial charge in [0.2, 0.25) is 0 Å². The van der Waals surface area contributed by atoms with E-state index in [1.807, 2.05) is 0 Å². The topological polar surface area (TPSA) is 3.24 Å². The number of hydrogen-bond acceptors (Lipinski definition) is 1. The van der Waals surface area contributed by atoms with E-state index in [9.17, 15) is 0 Å². The predicted molar refractivity (Wildman–Crippen MR) is 54.1 cm³/mol. The first-order chi connectivity index (χ1) is 5.75. The quantitative estimate of drug-likeness (QED) is 0.581. The fraction of sp³-hybridized carbons (Fsp3) is 0.818. The molecule has 1 unspecified atom stereocenters. The lowest BCUT2D eigenvalue weighted by Crippen LogP contribution is -2.22. The average Bonchev–Trinajstić information content (AvgIpc) is 2.36. The Hall–Kier alpha value is -0.460. The number of nitrogens with zero attached hydrogens (tertiary/aromatic N) is 1. The van der Waals surface area contributed by atoms with Crippen molar-refractivity contribution in [1.82, 2.24) is 4.90 Å². The van der Waals surface area contributed by atoms with Crippen LogP contribution in [0.2, 0.25) is 0 Å². The van der Waals surface area contributed by atoms with Crippen LogP contribution in [-0.4, -0.2) is 18.0 Å². The summed E-state index contributed by atoms with van der Waals surface area (Å²) in [4.78, 5) is 2.43. The maximum Gasteiger partial charge on any atom is 0.0290 e. The SMILES string of the molecule is CCCCCC1=CCC(C)N1C. The van der Waals surface area contributed by atoms with Gasteiger partial charge < -0.3 is 4.90 Å². The average molecular weight is 167 g/mol. The summed E-state index contributed by atoms with van der Waals surface area (Å²) >= 11 is 0. The maximum atomic E-state index is 2.43. The molecule has 1 aliphatic rings. The van der Waals surface area contributed by atoms with Crippen molar-refractivity contribution in [2.45, 2.75) is 52.0 Å². The largest absolute Gasteiger partial charge is 0.375 e. The van der Waals surface area contributed by atoms with Crippen molar-refractivity contribution in [3.63, 3.8) is 0 Å². The zero-order valence-electron chi connectivity index (χ0n) is 8.64. The molecule has 0 aromatic carbocycles. The second kappa shape index (κ2) is 4.54. The van der Waals surface area contributed by atoms with E-state index < -0.39 is 0 Å². The Morgan fingerprint density at radius 3 is 2.75 bits per heavy atom. The molecule has 0 amide bonds. The number of rotatable bonds is 4. The Balaban J connectivity index is 2.24. The molecule has 0 spiro atoms. The second-order valence-corrected chi connectivity index (χ2v) is 3.85. The summed E-state index contributed by atoms with van der Waals surface area (Å²) in [6.07, 6.45) is 9.00. The van der Waals surface area contributed by atoms with Crippen molar-refractivity contribution < 1.29 is 0 Å². The zero-order valence-corrected chi connectivity index (χ0v) is 8.64. The lowest BCUT2D eigenvalue weighted by Gasteiger charge is -2.22. The van der Waals surface area contributed by atoms with E-state index in [0.29, 0.717) is 0 Å². The number of hydrogen-bond donors (Lipinski definition) is 0. The molecule has 0 saturated heterocycles. The van der Waals surface area contributed by atoms with Gasteiger partial charge in [-0.25, -0.2) is 0 Å². The minimum atomic E-state index is 0.738. The van der Waals surface area contributed by atoms with Gasteiger partial charge >= 0.3 is 0 Å². The van der Waals surface area contributed by atoms with E-state index in [1.54, 1.807) is 5.70 Å². The van der Waals surface area contributed by atoms with Crippen LogP contribution in [0.3, 0.4) is 0 Å². The summed E-state index contributed by atoms with van der Waals surface area (Å²) < 4.78 is 0. The minimum absolute atomic E-state index is 0.738. The molecule has 0 saturated carbocycles. The lowest BCUT2D eigenvalue weighted by atomic mass is 10.1. The normalized spacial score (nSPS) is 23.1. The van der Waals surface area contributed by atoms with Crippen molar-refractivity contribution in [3.8, 4) is 0 Å². The van der Waals surface area contributed by atoms with Crippen molar-refractivity contribution in [2.75, 3.05) is 7.05 Å². The van der Waals surface area contributed by atoms with Gasteiger partial charge in [-0.1, -0.05) is 25.8 Å². The van der Waals surface area contributed by atoms with E-state index in [1.165, 1.54) is 32.1 Å². The molecule has 70 valence electrons. The van der Waals surface area contributed by atoms with Gasteiger partial charge in [0, 0.05) is 18.8 Å². The molecule has 0 N–H and O–H groups in total. The van der Waals surface area contributed by atoms with Crippen LogP contribution in [0.1, 0.15) is 46.0 Å². The van der Waals surface area contributed by atoms with Gasteiger partial charge in [-0.2, -0.15) is 0 Å². The molecule has 0 bridgehead atoms. The monoisotopic (exact) mass is 167 g/mol. The summed E-state index contributed by atoms with van der Waals surface area (Å²) in [6, 6.07) is 0.738. The van der Waals surface area contributed by atoms with E-state index in [-0.39, 0.29) is 0 Å². The summed E-state index contributed by atoms with van der Waals surface area (Å²) in [7, 11) is 2.22. The molecule has 1 heterocycles. The van der Waals surface area contributed by atoms with Gasteiger partial charge in [0.1, 0.15) is 0 Å². The molecule has 1 nitrogen and oxygen atoms in total. The van der Waals surface area contributed by atoms with Crippen LogP contribution in [-0.2, 0) is 0 Å². The first kappa shape index (κ1) is 9.63. The molecule has 1 atom stereocenters. The molecule has 12 heavy (non-hydrogen) atoms. The first-order valence-corrected chi connectivity index (χ1v) is 5.17. The van der Waals surface area contributed by atoms with Crippen molar-refractivity contribution in [1.29, 1.82) is 0 Å². The van der Waals surface area contributed by atoms with E-state index in [4.69, 9.17) is 0 Å². The molecule has 1 rings (SSSR count). The van der Waals surface area contributed by atoms with E-state index in [2.05, 4.69) is 31.9 Å². The first-order valence-electron chi connectivity index (χ1n) is 5.17. The van der Waals surface area contributed by atoms with Crippen LogP contribution in [0.15, 0.2) is 11.8 Å². The maximum absolute atomic E-state index is 2.43. The molecule has 0 fully saturated rings. The third-order valence-electron chi connectivity index (χ3n) is 2.85. The van der Waals surface area contributed by atoms with Crippen LogP contribution in [0.25, 0.3) is 0 Å². The Kier molecular flexibility index (Phi) is 3.64. The third kappa shape index (κ3) is 2.26. The highest BCUT2D eigenvalue weighted by Crippen LogP contribution is 2.23. The van der Waals surface area contributed by atoms with Crippen molar-refractivity contribution >= 4 is 0 Å². The second-order valence-electron chi connectivity index (χ2n) is 3.85.